The number of ketones is 1. The van der Waals surface area contributed by atoms with Crippen molar-refractivity contribution in [1.29, 1.82) is 0 Å². The molecule has 0 amide bonds. The third-order valence-corrected chi connectivity index (χ3v) is 9.93. The van der Waals surface area contributed by atoms with E-state index in [-0.39, 0.29) is 5.78 Å². The maximum Gasteiger partial charge on any atom is 0.197 e. The minimum Gasteiger partial charge on any atom is -0.308 e. The SMILES string of the molecule is O=C1c2c3cccccc-3cc2-c2scc(-n3c4ccccc4c4cc5c(cc43)sc3ccccc35)c21. The monoisotopic (exact) mass is 507 g/mol. The molecular weight excluding hydrogens is 491 g/mol. The highest BCUT2D eigenvalue weighted by molar-refractivity contribution is 7.25. The Hall–Kier alpha value is -4.25. The zero-order valence-corrected chi connectivity index (χ0v) is 21.1. The molecule has 3 heterocycles. The summed E-state index contributed by atoms with van der Waals surface area (Å²) in [6.07, 6.45) is 0. The number of thiophene rings is 2. The summed E-state index contributed by atoms with van der Waals surface area (Å²) < 4.78 is 4.89. The number of hydrogen-bond acceptors (Lipinski definition) is 3. The molecule has 0 bridgehead atoms. The number of nitrogens with zero attached hydrogens (tertiary/aromatic N) is 1. The molecule has 6 aromatic rings. The Morgan fingerprint density at radius 2 is 1.41 bits per heavy atom. The molecule has 37 heavy (non-hydrogen) atoms. The highest BCUT2D eigenvalue weighted by Gasteiger charge is 2.36. The summed E-state index contributed by atoms with van der Waals surface area (Å²) in [5.41, 5.74) is 8.18. The van der Waals surface area contributed by atoms with Gasteiger partial charge in [-0.2, -0.15) is 0 Å². The van der Waals surface area contributed by atoms with E-state index in [0.29, 0.717) is 0 Å². The van der Waals surface area contributed by atoms with Gasteiger partial charge in [0.05, 0.1) is 22.3 Å². The number of aromatic nitrogens is 1. The lowest BCUT2D eigenvalue weighted by molar-refractivity contribution is 0.104. The Morgan fingerprint density at radius 3 is 2.35 bits per heavy atom. The van der Waals surface area contributed by atoms with Crippen LogP contribution in [0.2, 0.25) is 0 Å². The number of fused-ring (bicyclic) bond motifs is 11. The highest BCUT2D eigenvalue weighted by atomic mass is 32.1. The van der Waals surface area contributed by atoms with Gasteiger partial charge in [0, 0.05) is 52.3 Å². The summed E-state index contributed by atoms with van der Waals surface area (Å²) in [5, 5.41) is 7.20. The molecular formula is C33H17NOS2. The largest absolute Gasteiger partial charge is 0.308 e. The van der Waals surface area contributed by atoms with E-state index in [1.807, 2.05) is 29.5 Å². The van der Waals surface area contributed by atoms with Gasteiger partial charge in [-0.05, 0) is 41.5 Å². The second kappa shape index (κ2) is 6.94. The van der Waals surface area contributed by atoms with Gasteiger partial charge >= 0.3 is 0 Å². The van der Waals surface area contributed by atoms with Gasteiger partial charge in [0.25, 0.3) is 0 Å². The van der Waals surface area contributed by atoms with E-state index in [9.17, 15) is 4.79 Å². The van der Waals surface area contributed by atoms with Crippen LogP contribution in [0.25, 0.3) is 69.2 Å². The minimum atomic E-state index is 0.135. The van der Waals surface area contributed by atoms with E-state index in [1.165, 1.54) is 30.9 Å². The number of hydrogen-bond donors (Lipinski definition) is 0. The third kappa shape index (κ3) is 2.47. The Balaban J connectivity index is 1.38. The van der Waals surface area contributed by atoms with Crippen molar-refractivity contribution in [2.75, 3.05) is 0 Å². The van der Waals surface area contributed by atoms with Crippen LogP contribution in [0.5, 0.6) is 0 Å². The van der Waals surface area contributed by atoms with Crippen LogP contribution in [0.3, 0.4) is 0 Å². The summed E-state index contributed by atoms with van der Waals surface area (Å²) >= 11 is 3.51. The lowest BCUT2D eigenvalue weighted by atomic mass is 10.0. The summed E-state index contributed by atoms with van der Waals surface area (Å²) in [6.45, 7) is 0. The molecule has 0 spiro atoms. The van der Waals surface area contributed by atoms with Crippen molar-refractivity contribution in [2.45, 2.75) is 0 Å². The first-order valence-electron chi connectivity index (χ1n) is 12.3. The van der Waals surface area contributed by atoms with E-state index >= 15 is 0 Å². The zero-order chi connectivity index (χ0) is 24.2. The quantitative estimate of drug-likeness (QED) is 0.217. The standard InChI is InChI=1S/C33H17NOS2/c35-32-30-19-9-3-1-2-8-18(19)14-24(30)33-31(32)27(17-36-33)34-25-12-6-4-10-20(25)22-15-23-21-11-5-7-13-28(21)37-29(23)16-26(22)34/h1-17H. The van der Waals surface area contributed by atoms with E-state index in [4.69, 9.17) is 0 Å². The Kier molecular flexibility index (Phi) is 3.73. The molecule has 3 aliphatic rings. The minimum absolute atomic E-state index is 0.135. The first kappa shape index (κ1) is 19.9. The molecule has 0 atom stereocenters. The Morgan fingerprint density at radius 1 is 0.595 bits per heavy atom. The molecule has 0 saturated carbocycles. The fraction of sp³-hybridized carbons (Fsp3) is 0. The summed E-state index contributed by atoms with van der Waals surface area (Å²) in [5.74, 6) is 0.135. The smallest absolute Gasteiger partial charge is 0.197 e. The van der Waals surface area contributed by atoms with Crippen LogP contribution in [0.4, 0.5) is 0 Å². The van der Waals surface area contributed by atoms with Gasteiger partial charge in [-0.1, -0.05) is 66.7 Å². The molecule has 3 aromatic heterocycles. The molecule has 9 rings (SSSR count). The van der Waals surface area contributed by atoms with Crippen molar-refractivity contribution in [3.8, 4) is 27.3 Å². The molecule has 172 valence electrons. The second-order valence-electron chi connectivity index (χ2n) is 9.68. The normalized spacial score (nSPS) is 12.9. The van der Waals surface area contributed by atoms with Gasteiger partial charge in [0.15, 0.2) is 5.78 Å². The van der Waals surface area contributed by atoms with E-state index < -0.39 is 0 Å². The van der Waals surface area contributed by atoms with E-state index in [1.54, 1.807) is 11.3 Å². The fourth-order valence-electron chi connectivity index (χ4n) is 6.21. The Labute approximate surface area is 220 Å². The number of para-hydroxylation sites is 1. The van der Waals surface area contributed by atoms with Crippen LogP contribution in [-0.2, 0) is 0 Å². The summed E-state index contributed by atoms with van der Waals surface area (Å²) in [6, 6.07) is 34.3. The van der Waals surface area contributed by atoms with Gasteiger partial charge in [0.2, 0.25) is 0 Å². The topological polar surface area (TPSA) is 22.0 Å². The lowest BCUT2D eigenvalue weighted by Gasteiger charge is -2.08. The number of carbonyl (C=O) groups is 1. The van der Waals surface area contributed by atoms with Gasteiger partial charge in [-0.15, -0.1) is 22.7 Å². The fourth-order valence-corrected chi connectivity index (χ4v) is 8.39. The van der Waals surface area contributed by atoms with Crippen molar-refractivity contribution in [3.05, 3.63) is 114 Å². The first-order valence-corrected chi connectivity index (χ1v) is 14.0. The van der Waals surface area contributed by atoms with Gasteiger partial charge < -0.3 is 4.57 Å². The van der Waals surface area contributed by atoms with Crippen LogP contribution in [0, 0.1) is 0 Å². The highest BCUT2D eigenvalue weighted by Crippen LogP contribution is 2.51. The van der Waals surface area contributed by atoms with Crippen LogP contribution < -0.4 is 0 Å². The molecule has 0 unspecified atom stereocenters. The lowest BCUT2D eigenvalue weighted by Crippen LogP contribution is -2.02. The summed E-state index contributed by atoms with van der Waals surface area (Å²) in [4.78, 5) is 15.1. The van der Waals surface area contributed by atoms with Crippen LogP contribution >= 0.6 is 22.7 Å². The number of benzene rings is 3. The molecule has 3 aliphatic carbocycles. The van der Waals surface area contributed by atoms with Crippen molar-refractivity contribution in [1.82, 2.24) is 4.57 Å². The van der Waals surface area contributed by atoms with Gasteiger partial charge in [-0.25, -0.2) is 0 Å². The molecule has 0 aliphatic heterocycles. The number of carbonyl (C=O) groups excluding carboxylic acids is 1. The van der Waals surface area contributed by atoms with Crippen molar-refractivity contribution in [2.24, 2.45) is 0 Å². The Bertz CT molecular complexity index is 2220. The zero-order valence-electron chi connectivity index (χ0n) is 19.5. The third-order valence-electron chi connectivity index (χ3n) is 7.79. The maximum absolute atomic E-state index is 14.0. The molecule has 0 fully saturated rings. The van der Waals surface area contributed by atoms with Gasteiger partial charge in [0.1, 0.15) is 0 Å². The predicted molar refractivity (Wildman–Crippen MR) is 157 cm³/mol. The average molecular weight is 508 g/mol. The predicted octanol–water partition coefficient (Wildman–Crippen LogP) is 9.53. The molecule has 0 N–H and O–H groups in total. The van der Waals surface area contributed by atoms with E-state index in [2.05, 4.69) is 88.8 Å². The van der Waals surface area contributed by atoms with Crippen LogP contribution in [0.15, 0.2) is 102 Å². The molecule has 0 saturated heterocycles. The van der Waals surface area contributed by atoms with Gasteiger partial charge in [-0.3, -0.25) is 4.79 Å². The molecule has 2 nitrogen and oxygen atoms in total. The van der Waals surface area contributed by atoms with Crippen LogP contribution in [0.1, 0.15) is 15.9 Å². The molecule has 4 heteroatoms. The summed E-state index contributed by atoms with van der Waals surface area (Å²) in [7, 11) is 0. The second-order valence-corrected chi connectivity index (χ2v) is 11.6. The molecule has 3 aromatic carbocycles. The molecule has 0 radical (unpaired) electrons. The number of rotatable bonds is 1. The van der Waals surface area contributed by atoms with Crippen molar-refractivity contribution < 1.29 is 4.79 Å². The van der Waals surface area contributed by atoms with Crippen molar-refractivity contribution >= 4 is 70.4 Å². The van der Waals surface area contributed by atoms with Crippen LogP contribution in [-0.4, -0.2) is 10.4 Å². The van der Waals surface area contributed by atoms with E-state index in [0.717, 1.165) is 49.4 Å². The van der Waals surface area contributed by atoms with Crippen molar-refractivity contribution in [3.63, 3.8) is 0 Å². The average Bonchev–Trinajstić information content (AvgIpc) is 3.68. The maximum atomic E-state index is 14.0. The first-order chi connectivity index (χ1) is 18.3.